The molecule has 1 aliphatic rings. The lowest BCUT2D eigenvalue weighted by Crippen LogP contribution is -2.74. The van der Waals surface area contributed by atoms with Crippen molar-refractivity contribution in [1.29, 1.82) is 0 Å². The van der Waals surface area contributed by atoms with Crippen LogP contribution in [0.1, 0.15) is 50.1 Å². The number of oxime groups is 1. The summed E-state index contributed by atoms with van der Waals surface area (Å²) in [6, 6.07) is 28.8. The Bertz CT molecular complexity index is 1710. The molecular weight excluding hydrogens is 671 g/mol. The highest BCUT2D eigenvalue weighted by Crippen LogP contribution is 2.41. The van der Waals surface area contributed by atoms with Crippen molar-refractivity contribution in [3.63, 3.8) is 0 Å². The summed E-state index contributed by atoms with van der Waals surface area (Å²) in [5.41, 5.74) is 2.32. The molecule has 2 heterocycles. The summed E-state index contributed by atoms with van der Waals surface area (Å²) < 4.78 is 11.7. The fourth-order valence-electron chi connectivity index (χ4n) is 5.86. The topological polar surface area (TPSA) is 131 Å². The summed E-state index contributed by atoms with van der Waals surface area (Å²) in [7, 11) is 1.42. The van der Waals surface area contributed by atoms with Crippen molar-refractivity contribution in [2.45, 2.75) is 50.4 Å². The number of methoxy groups -OCH3 is 1. The van der Waals surface area contributed by atoms with Crippen molar-refractivity contribution in [3.05, 3.63) is 119 Å². The molecule has 2 atom stereocenters. The molecule has 50 heavy (non-hydrogen) atoms. The average Bonchev–Trinajstić information content (AvgIpc) is 3.60. The minimum Gasteiger partial charge on any atom is -0.438 e. The number of hydrogen-bond acceptors (Lipinski definition) is 10. The van der Waals surface area contributed by atoms with Gasteiger partial charge in [0.1, 0.15) is 40.7 Å². The highest BCUT2D eigenvalue weighted by Gasteiger charge is 2.51. The average molecular weight is 714 g/mol. The zero-order valence-corrected chi connectivity index (χ0v) is 31.3. The molecule has 0 spiro atoms. The van der Waals surface area contributed by atoms with Crippen LogP contribution in [0.25, 0.3) is 0 Å². The molecule has 1 aromatic heterocycles. The standard InChI is InChI=1S/C37H43N5O6SSi/c1-24(2)36(3,4)50-42-29(22-48-35(45)46-5)31(33(42)44)39-32(43)30(41-47-6)28-23-49-34(38-28)40-37(25-16-10-7-11-17-25,26-18-12-8-13-19-26)27-20-14-9-15-21-27/h7-21,23-24,29,31H,22,50H2,1-6H3,(H,38,40)(H,39,43)/b41-30-. The molecule has 0 aliphatic carbocycles. The molecule has 3 aromatic carbocycles. The first-order valence-electron chi connectivity index (χ1n) is 16.4. The van der Waals surface area contributed by atoms with Crippen LogP contribution in [0, 0.1) is 5.92 Å². The van der Waals surface area contributed by atoms with Gasteiger partial charge in [-0.05, 0) is 27.6 Å². The van der Waals surface area contributed by atoms with Gasteiger partial charge in [0.25, 0.3) is 5.91 Å². The number of carbonyl (C=O) groups is 3. The van der Waals surface area contributed by atoms with E-state index in [4.69, 9.17) is 14.6 Å². The molecule has 0 saturated carbocycles. The van der Waals surface area contributed by atoms with Crippen LogP contribution in [0.2, 0.25) is 5.04 Å². The van der Waals surface area contributed by atoms with Crippen molar-refractivity contribution in [3.8, 4) is 0 Å². The van der Waals surface area contributed by atoms with Gasteiger partial charge in [-0.25, -0.2) is 9.78 Å². The van der Waals surface area contributed by atoms with Crippen molar-refractivity contribution >= 4 is 49.8 Å². The summed E-state index contributed by atoms with van der Waals surface area (Å²) in [4.78, 5) is 49.0. The molecule has 2 amide bonds. The number of carbonyl (C=O) groups excluding carboxylic acids is 3. The Morgan fingerprint density at radius 2 is 1.48 bits per heavy atom. The Kier molecular flexibility index (Phi) is 11.4. The van der Waals surface area contributed by atoms with E-state index in [2.05, 4.69) is 84.6 Å². The number of rotatable bonds is 14. The summed E-state index contributed by atoms with van der Waals surface area (Å²) in [6.07, 6.45) is -0.860. The molecule has 1 fully saturated rings. The lowest BCUT2D eigenvalue weighted by Gasteiger charge is -2.50. The van der Waals surface area contributed by atoms with Gasteiger partial charge in [0.05, 0.1) is 13.2 Å². The van der Waals surface area contributed by atoms with Crippen LogP contribution < -0.4 is 10.6 Å². The molecule has 13 heteroatoms. The maximum atomic E-state index is 13.8. The van der Waals surface area contributed by atoms with Crippen LogP contribution in [0.3, 0.4) is 0 Å². The second kappa shape index (κ2) is 15.7. The van der Waals surface area contributed by atoms with Gasteiger partial charge in [-0.2, -0.15) is 0 Å². The molecule has 5 rings (SSSR count). The highest BCUT2D eigenvalue weighted by molar-refractivity contribution is 7.14. The first-order valence-corrected chi connectivity index (χ1v) is 18.6. The Morgan fingerprint density at radius 1 is 0.940 bits per heavy atom. The second-order valence-electron chi connectivity index (χ2n) is 13.0. The Balaban J connectivity index is 1.44. The maximum Gasteiger partial charge on any atom is 0.508 e. The van der Waals surface area contributed by atoms with Gasteiger partial charge in [0, 0.05) is 5.38 Å². The lowest BCUT2D eigenvalue weighted by atomic mass is 9.77. The minimum absolute atomic E-state index is 0.0880. The van der Waals surface area contributed by atoms with E-state index < -0.39 is 39.4 Å². The van der Waals surface area contributed by atoms with Crippen LogP contribution >= 0.6 is 11.3 Å². The van der Waals surface area contributed by atoms with E-state index in [1.807, 2.05) is 54.6 Å². The van der Waals surface area contributed by atoms with E-state index in [0.29, 0.717) is 11.0 Å². The Hall–Kier alpha value is -5.01. The van der Waals surface area contributed by atoms with Crippen molar-refractivity contribution in [1.82, 2.24) is 14.9 Å². The first-order chi connectivity index (χ1) is 24.0. The van der Waals surface area contributed by atoms with Gasteiger partial charge < -0.3 is 29.5 Å². The zero-order valence-electron chi connectivity index (χ0n) is 29.1. The summed E-state index contributed by atoms with van der Waals surface area (Å²) in [6.45, 7) is 8.36. The normalized spacial score (nSPS) is 16.7. The Morgan fingerprint density at radius 3 is 1.96 bits per heavy atom. The number of anilines is 1. The van der Waals surface area contributed by atoms with E-state index in [1.54, 1.807) is 9.95 Å². The van der Waals surface area contributed by atoms with Gasteiger partial charge in [-0.15, -0.1) is 11.3 Å². The number of hydrogen-bond donors (Lipinski definition) is 2. The quantitative estimate of drug-likeness (QED) is 0.0449. The lowest BCUT2D eigenvalue weighted by molar-refractivity contribution is -0.147. The van der Waals surface area contributed by atoms with Gasteiger partial charge >= 0.3 is 6.16 Å². The van der Waals surface area contributed by atoms with Gasteiger partial charge in [-0.1, -0.05) is 124 Å². The van der Waals surface area contributed by atoms with Crippen molar-refractivity contribution in [2.75, 3.05) is 26.1 Å². The number of nitrogens with one attached hydrogen (secondary N) is 2. The molecule has 1 aliphatic heterocycles. The van der Waals surface area contributed by atoms with Crippen LogP contribution in [-0.2, 0) is 29.4 Å². The zero-order chi connectivity index (χ0) is 35.9. The van der Waals surface area contributed by atoms with Crippen LogP contribution in [0.5, 0.6) is 0 Å². The molecule has 11 nitrogen and oxygen atoms in total. The van der Waals surface area contributed by atoms with E-state index >= 15 is 0 Å². The monoisotopic (exact) mass is 713 g/mol. The van der Waals surface area contributed by atoms with E-state index in [0.717, 1.165) is 16.7 Å². The number of aromatic nitrogens is 1. The molecule has 0 bridgehead atoms. The molecule has 0 radical (unpaired) electrons. The number of ether oxygens (including phenoxy) is 2. The minimum atomic E-state index is -1.14. The third-order valence-corrected chi connectivity index (χ3v) is 12.9. The SMILES string of the molecule is CO/N=C(\C(=O)NC1C(=O)N([SiH2]C(C)(C)C(C)C)C1COC(=O)OC)c1csc(NC(c2ccccc2)(c2ccccc2)c2ccccc2)n1. The number of nitrogens with zero attached hydrogens (tertiary/aromatic N) is 3. The fourth-order valence-corrected chi connectivity index (χ4v) is 8.76. The van der Waals surface area contributed by atoms with E-state index in [9.17, 15) is 14.4 Å². The maximum absolute atomic E-state index is 13.8. The van der Waals surface area contributed by atoms with Crippen LogP contribution in [-0.4, -0.2) is 75.8 Å². The van der Waals surface area contributed by atoms with Gasteiger partial charge in [-0.3, -0.25) is 9.59 Å². The number of amides is 2. The Labute approximate surface area is 298 Å². The summed E-state index contributed by atoms with van der Waals surface area (Å²) in [5.74, 6) is -0.543. The number of β-lactam (4-membered cyclic amide) rings is 1. The second-order valence-corrected chi connectivity index (χ2v) is 16.7. The molecule has 262 valence electrons. The smallest absolute Gasteiger partial charge is 0.438 e. The fraction of sp³-hybridized carbons (Fsp3) is 0.324. The third-order valence-electron chi connectivity index (χ3n) is 9.36. The largest absolute Gasteiger partial charge is 0.508 e. The number of benzene rings is 3. The van der Waals surface area contributed by atoms with Crippen molar-refractivity contribution < 1.29 is 28.7 Å². The first kappa shape index (κ1) is 36.3. The van der Waals surface area contributed by atoms with Crippen molar-refractivity contribution in [2.24, 2.45) is 11.1 Å². The third kappa shape index (κ3) is 7.58. The highest BCUT2D eigenvalue weighted by atomic mass is 32.1. The molecule has 4 aromatic rings. The van der Waals surface area contributed by atoms with Crippen LogP contribution in [0.15, 0.2) is 102 Å². The van der Waals surface area contributed by atoms with Crippen LogP contribution in [0.4, 0.5) is 9.93 Å². The summed E-state index contributed by atoms with van der Waals surface area (Å²) in [5, 5.41) is 12.7. The van der Waals surface area contributed by atoms with E-state index in [-0.39, 0.29) is 29.0 Å². The molecule has 2 N–H and O–H groups in total. The molecule has 1 saturated heterocycles. The van der Waals surface area contributed by atoms with Gasteiger partial charge in [0.2, 0.25) is 5.91 Å². The van der Waals surface area contributed by atoms with E-state index in [1.165, 1.54) is 25.6 Å². The molecular formula is C37H43N5O6SSi. The molecule has 2 unspecified atom stereocenters. The number of thiazole rings is 1. The predicted molar refractivity (Wildman–Crippen MR) is 197 cm³/mol. The van der Waals surface area contributed by atoms with Gasteiger partial charge in [0.15, 0.2) is 10.8 Å². The predicted octanol–water partition coefficient (Wildman–Crippen LogP) is 5.31. The summed E-state index contributed by atoms with van der Waals surface area (Å²) >= 11 is 1.32.